The number of halogens is 1. The molecule has 2 N–H and O–H groups in total. The maximum Gasteiger partial charge on any atom is 0.147 e. The normalized spacial score (nSPS) is 11.0. The van der Waals surface area contributed by atoms with Gasteiger partial charge < -0.3 is 10.6 Å². The van der Waals surface area contributed by atoms with Gasteiger partial charge in [0.15, 0.2) is 0 Å². The predicted molar refractivity (Wildman–Crippen MR) is 121 cm³/mol. The van der Waals surface area contributed by atoms with E-state index < -0.39 is 0 Å². The first-order chi connectivity index (χ1) is 14.7. The molecular formula is C23H17ClN6. The molecule has 0 aliphatic rings. The molecule has 0 saturated heterocycles. The number of benzene rings is 3. The molecule has 146 valence electrons. The van der Waals surface area contributed by atoms with Crippen LogP contribution in [0.3, 0.4) is 0 Å². The van der Waals surface area contributed by atoms with Crippen molar-refractivity contribution in [1.82, 2.24) is 19.9 Å². The number of fused-ring (bicyclic) bond motifs is 2. The molecule has 0 unspecified atom stereocenters. The number of para-hydroxylation sites is 1. The summed E-state index contributed by atoms with van der Waals surface area (Å²) in [5, 5.41) is 9.31. The SMILES string of the molecule is Clc1cccc(Nc2ncnc3ccc(NCc4ncc5ccccc5n4)cc23)c1. The monoisotopic (exact) mass is 412 g/mol. The van der Waals surface area contributed by atoms with E-state index in [4.69, 9.17) is 11.6 Å². The average Bonchev–Trinajstić information content (AvgIpc) is 2.78. The molecule has 0 fully saturated rings. The summed E-state index contributed by atoms with van der Waals surface area (Å²) in [6.07, 6.45) is 3.39. The number of hydrogen-bond donors (Lipinski definition) is 2. The summed E-state index contributed by atoms with van der Waals surface area (Å²) in [5.41, 5.74) is 3.58. The molecule has 2 aromatic heterocycles. The molecule has 0 spiro atoms. The highest BCUT2D eigenvalue weighted by atomic mass is 35.5. The van der Waals surface area contributed by atoms with Crippen molar-refractivity contribution in [2.24, 2.45) is 0 Å². The Balaban J connectivity index is 1.40. The Morgan fingerprint density at radius 1 is 0.800 bits per heavy atom. The van der Waals surface area contributed by atoms with Crippen molar-refractivity contribution in [3.05, 3.63) is 90.1 Å². The van der Waals surface area contributed by atoms with Gasteiger partial charge in [-0.2, -0.15) is 0 Å². The van der Waals surface area contributed by atoms with Crippen molar-refractivity contribution < 1.29 is 0 Å². The smallest absolute Gasteiger partial charge is 0.147 e. The van der Waals surface area contributed by atoms with Crippen LogP contribution in [0.2, 0.25) is 5.02 Å². The number of anilines is 3. The van der Waals surface area contributed by atoms with Crippen molar-refractivity contribution in [3.63, 3.8) is 0 Å². The van der Waals surface area contributed by atoms with Crippen LogP contribution >= 0.6 is 11.6 Å². The first-order valence-corrected chi connectivity index (χ1v) is 9.84. The Hall–Kier alpha value is -3.77. The molecule has 3 aromatic carbocycles. The summed E-state index contributed by atoms with van der Waals surface area (Å²) >= 11 is 6.10. The summed E-state index contributed by atoms with van der Waals surface area (Å²) in [7, 11) is 0. The molecular weight excluding hydrogens is 396 g/mol. The Morgan fingerprint density at radius 3 is 2.67 bits per heavy atom. The lowest BCUT2D eigenvalue weighted by atomic mass is 10.2. The number of aromatic nitrogens is 4. The largest absolute Gasteiger partial charge is 0.378 e. The minimum Gasteiger partial charge on any atom is -0.378 e. The lowest BCUT2D eigenvalue weighted by Crippen LogP contribution is -2.04. The van der Waals surface area contributed by atoms with Crippen LogP contribution in [-0.4, -0.2) is 19.9 Å². The highest BCUT2D eigenvalue weighted by molar-refractivity contribution is 6.30. The zero-order valence-corrected chi connectivity index (χ0v) is 16.6. The molecule has 5 rings (SSSR count). The fourth-order valence-corrected chi connectivity index (χ4v) is 3.44. The van der Waals surface area contributed by atoms with Crippen molar-refractivity contribution in [3.8, 4) is 0 Å². The highest BCUT2D eigenvalue weighted by Crippen LogP contribution is 2.27. The molecule has 0 aliphatic carbocycles. The summed E-state index contributed by atoms with van der Waals surface area (Å²) in [6.45, 7) is 0.515. The fraction of sp³-hybridized carbons (Fsp3) is 0.0435. The van der Waals surface area contributed by atoms with Crippen LogP contribution < -0.4 is 10.6 Å². The molecule has 0 saturated carbocycles. The standard InChI is InChI=1S/C23H17ClN6/c24-16-5-3-6-18(10-16)29-23-19-11-17(8-9-21(19)27-14-28-23)25-13-22-26-12-15-4-1-2-7-20(15)30-22/h1-12,14,25H,13H2,(H,27,28,29). The number of nitrogens with one attached hydrogen (secondary N) is 2. The first-order valence-electron chi connectivity index (χ1n) is 9.46. The van der Waals surface area contributed by atoms with Crippen LogP contribution in [0.4, 0.5) is 17.2 Å². The first kappa shape index (κ1) is 18.3. The summed E-state index contributed by atoms with van der Waals surface area (Å²) < 4.78 is 0. The van der Waals surface area contributed by atoms with Crippen LogP contribution in [0, 0.1) is 0 Å². The maximum atomic E-state index is 6.10. The van der Waals surface area contributed by atoms with E-state index in [1.165, 1.54) is 0 Å². The third-order valence-corrected chi connectivity index (χ3v) is 4.95. The van der Waals surface area contributed by atoms with Gasteiger partial charge in [0, 0.05) is 33.4 Å². The van der Waals surface area contributed by atoms with Gasteiger partial charge in [0.25, 0.3) is 0 Å². The van der Waals surface area contributed by atoms with Gasteiger partial charge in [-0.05, 0) is 42.5 Å². The van der Waals surface area contributed by atoms with E-state index in [1.54, 1.807) is 6.33 Å². The van der Waals surface area contributed by atoms with Gasteiger partial charge in [-0.25, -0.2) is 19.9 Å². The molecule has 0 bridgehead atoms. The highest BCUT2D eigenvalue weighted by Gasteiger charge is 2.07. The van der Waals surface area contributed by atoms with Crippen molar-refractivity contribution >= 4 is 50.6 Å². The summed E-state index contributed by atoms with van der Waals surface area (Å²) in [6, 6.07) is 21.4. The number of rotatable bonds is 5. The topological polar surface area (TPSA) is 75.6 Å². The summed E-state index contributed by atoms with van der Waals surface area (Å²) in [5.74, 6) is 1.45. The van der Waals surface area contributed by atoms with Gasteiger partial charge in [0.2, 0.25) is 0 Å². The second kappa shape index (κ2) is 7.93. The molecule has 30 heavy (non-hydrogen) atoms. The molecule has 0 atom stereocenters. The van der Waals surface area contributed by atoms with E-state index in [0.717, 1.165) is 39.0 Å². The Labute approximate surface area is 178 Å². The second-order valence-corrected chi connectivity index (χ2v) is 7.22. The number of nitrogens with zero attached hydrogens (tertiary/aromatic N) is 4. The minimum atomic E-state index is 0.515. The zero-order valence-electron chi connectivity index (χ0n) is 15.9. The Kier molecular flexibility index (Phi) is 4.83. The Bertz CT molecular complexity index is 1350. The second-order valence-electron chi connectivity index (χ2n) is 6.79. The van der Waals surface area contributed by atoms with Crippen molar-refractivity contribution in [2.75, 3.05) is 10.6 Å². The third-order valence-electron chi connectivity index (χ3n) is 4.71. The molecule has 6 nitrogen and oxygen atoms in total. The molecule has 2 heterocycles. The Morgan fingerprint density at radius 2 is 1.73 bits per heavy atom. The lowest BCUT2D eigenvalue weighted by Gasteiger charge is -2.11. The van der Waals surface area contributed by atoms with Gasteiger partial charge in [0.05, 0.1) is 17.6 Å². The minimum absolute atomic E-state index is 0.515. The van der Waals surface area contributed by atoms with Gasteiger partial charge in [0.1, 0.15) is 18.0 Å². The predicted octanol–water partition coefficient (Wildman–Crippen LogP) is 5.58. The zero-order chi connectivity index (χ0) is 20.3. The average molecular weight is 413 g/mol. The van der Waals surface area contributed by atoms with Crippen LogP contribution in [0.1, 0.15) is 5.82 Å². The molecule has 0 amide bonds. The lowest BCUT2D eigenvalue weighted by molar-refractivity contribution is 0.971. The van der Waals surface area contributed by atoms with Gasteiger partial charge in [-0.15, -0.1) is 0 Å². The van der Waals surface area contributed by atoms with Gasteiger partial charge >= 0.3 is 0 Å². The molecule has 0 radical (unpaired) electrons. The molecule has 0 aliphatic heterocycles. The summed E-state index contributed by atoms with van der Waals surface area (Å²) in [4.78, 5) is 17.8. The fourth-order valence-electron chi connectivity index (χ4n) is 3.25. The van der Waals surface area contributed by atoms with Gasteiger partial charge in [-0.3, -0.25) is 0 Å². The third kappa shape index (κ3) is 3.86. The van der Waals surface area contributed by atoms with E-state index in [-0.39, 0.29) is 0 Å². The van der Waals surface area contributed by atoms with Crippen LogP contribution in [0.25, 0.3) is 21.8 Å². The molecule has 5 aromatic rings. The van der Waals surface area contributed by atoms with E-state index in [0.29, 0.717) is 17.4 Å². The maximum absolute atomic E-state index is 6.10. The van der Waals surface area contributed by atoms with E-state index in [9.17, 15) is 0 Å². The van der Waals surface area contributed by atoms with Crippen molar-refractivity contribution in [1.29, 1.82) is 0 Å². The van der Waals surface area contributed by atoms with Gasteiger partial charge in [-0.1, -0.05) is 35.9 Å². The molecule has 7 heteroatoms. The van der Waals surface area contributed by atoms with Crippen LogP contribution in [0.15, 0.2) is 79.3 Å². The van der Waals surface area contributed by atoms with E-state index >= 15 is 0 Å². The van der Waals surface area contributed by atoms with E-state index in [2.05, 4.69) is 30.6 Å². The van der Waals surface area contributed by atoms with Crippen LogP contribution in [-0.2, 0) is 6.54 Å². The quantitative estimate of drug-likeness (QED) is 0.392. The van der Waals surface area contributed by atoms with E-state index in [1.807, 2.05) is 72.9 Å². The number of hydrogen-bond acceptors (Lipinski definition) is 6. The van der Waals surface area contributed by atoms with Crippen LogP contribution in [0.5, 0.6) is 0 Å². The van der Waals surface area contributed by atoms with Crippen molar-refractivity contribution in [2.45, 2.75) is 6.54 Å².